The Morgan fingerprint density at radius 1 is 1.21 bits per heavy atom. The molecule has 1 nitrogen and oxygen atoms in total. The lowest BCUT2D eigenvalue weighted by Crippen LogP contribution is -2.07. The van der Waals surface area contributed by atoms with Gasteiger partial charge in [-0.2, -0.15) is 13.2 Å². The normalized spacial score (nSPS) is 12.3. The molecule has 0 saturated heterocycles. The van der Waals surface area contributed by atoms with Gasteiger partial charge in [0.1, 0.15) is 5.82 Å². The van der Waals surface area contributed by atoms with Crippen molar-refractivity contribution in [3.05, 3.63) is 41.3 Å². The number of hydrogen-bond acceptors (Lipinski definition) is 1. The minimum atomic E-state index is -4.66. The molecular formula is C9H7F4N. The van der Waals surface area contributed by atoms with E-state index in [1.807, 2.05) is 0 Å². The van der Waals surface area contributed by atoms with Crippen molar-refractivity contribution in [1.82, 2.24) is 0 Å². The Morgan fingerprint density at radius 2 is 1.86 bits per heavy atom. The van der Waals surface area contributed by atoms with Crippen LogP contribution in [0.5, 0.6) is 0 Å². The predicted molar refractivity (Wildman–Crippen MR) is 44.6 cm³/mol. The van der Waals surface area contributed by atoms with E-state index in [4.69, 9.17) is 5.73 Å². The first kappa shape index (κ1) is 10.6. The molecule has 1 aromatic rings. The monoisotopic (exact) mass is 205 g/mol. The number of alkyl halides is 3. The SMILES string of the molecule is N/C=C\c1ccc(C(F)(F)F)c(F)c1. The fraction of sp³-hybridized carbons (Fsp3) is 0.111. The van der Waals surface area contributed by atoms with Crippen molar-refractivity contribution in [2.24, 2.45) is 5.73 Å². The lowest BCUT2D eigenvalue weighted by molar-refractivity contribution is -0.140. The molecule has 5 heteroatoms. The fourth-order valence-electron chi connectivity index (χ4n) is 0.976. The van der Waals surface area contributed by atoms with Crippen molar-refractivity contribution in [1.29, 1.82) is 0 Å². The van der Waals surface area contributed by atoms with Crippen LogP contribution in [0.2, 0.25) is 0 Å². The summed E-state index contributed by atoms with van der Waals surface area (Å²) in [4.78, 5) is 0. The molecule has 0 amide bonds. The van der Waals surface area contributed by atoms with E-state index in [1.54, 1.807) is 0 Å². The molecule has 0 atom stereocenters. The van der Waals surface area contributed by atoms with Gasteiger partial charge in [0.25, 0.3) is 0 Å². The summed E-state index contributed by atoms with van der Waals surface area (Å²) < 4.78 is 49.1. The molecular weight excluding hydrogens is 198 g/mol. The average Bonchev–Trinajstić information content (AvgIpc) is 2.02. The third-order valence-corrected chi connectivity index (χ3v) is 1.59. The van der Waals surface area contributed by atoms with E-state index in [1.165, 1.54) is 6.08 Å². The van der Waals surface area contributed by atoms with Gasteiger partial charge in [0.15, 0.2) is 0 Å². The van der Waals surface area contributed by atoms with Crippen LogP contribution in [0.3, 0.4) is 0 Å². The zero-order valence-electron chi connectivity index (χ0n) is 6.98. The molecule has 76 valence electrons. The van der Waals surface area contributed by atoms with Crippen LogP contribution in [-0.2, 0) is 6.18 Å². The zero-order chi connectivity index (χ0) is 10.8. The first-order valence-electron chi connectivity index (χ1n) is 3.70. The van der Waals surface area contributed by atoms with Crippen LogP contribution in [0.15, 0.2) is 24.4 Å². The largest absolute Gasteiger partial charge is 0.419 e. The predicted octanol–water partition coefficient (Wildman–Crippen LogP) is 2.77. The molecule has 0 aliphatic carbocycles. The van der Waals surface area contributed by atoms with E-state index in [-0.39, 0.29) is 5.56 Å². The van der Waals surface area contributed by atoms with Crippen LogP contribution in [0.4, 0.5) is 17.6 Å². The second-order valence-electron chi connectivity index (χ2n) is 2.60. The second kappa shape index (κ2) is 3.69. The number of hydrogen-bond donors (Lipinski definition) is 1. The van der Waals surface area contributed by atoms with Gasteiger partial charge in [0.2, 0.25) is 0 Å². The molecule has 0 heterocycles. The van der Waals surface area contributed by atoms with Gasteiger partial charge in [0, 0.05) is 0 Å². The maximum atomic E-state index is 12.9. The third-order valence-electron chi connectivity index (χ3n) is 1.59. The van der Waals surface area contributed by atoms with Crippen molar-refractivity contribution < 1.29 is 17.6 Å². The lowest BCUT2D eigenvalue weighted by atomic mass is 10.1. The van der Waals surface area contributed by atoms with Gasteiger partial charge >= 0.3 is 6.18 Å². The molecule has 0 aliphatic heterocycles. The van der Waals surface area contributed by atoms with E-state index < -0.39 is 17.6 Å². The number of benzene rings is 1. The summed E-state index contributed by atoms with van der Waals surface area (Å²) >= 11 is 0. The molecule has 0 fully saturated rings. The van der Waals surface area contributed by atoms with Crippen molar-refractivity contribution in [3.8, 4) is 0 Å². The van der Waals surface area contributed by atoms with E-state index >= 15 is 0 Å². The van der Waals surface area contributed by atoms with E-state index in [0.717, 1.165) is 18.3 Å². The summed E-state index contributed by atoms with van der Waals surface area (Å²) in [5.74, 6) is -1.30. The Bertz CT molecular complexity index is 354. The Kier molecular flexibility index (Phi) is 2.78. The highest BCUT2D eigenvalue weighted by Gasteiger charge is 2.33. The number of halogens is 4. The van der Waals surface area contributed by atoms with Crippen molar-refractivity contribution in [3.63, 3.8) is 0 Å². The number of nitrogens with two attached hydrogens (primary N) is 1. The summed E-state index contributed by atoms with van der Waals surface area (Å²) in [6.45, 7) is 0. The number of rotatable bonds is 1. The minimum absolute atomic E-state index is 0.290. The van der Waals surface area contributed by atoms with E-state index in [2.05, 4.69) is 0 Å². The topological polar surface area (TPSA) is 26.0 Å². The molecule has 0 saturated carbocycles. The van der Waals surface area contributed by atoms with Gasteiger partial charge < -0.3 is 5.73 Å². The Balaban J connectivity index is 3.14. The third kappa shape index (κ3) is 2.25. The minimum Gasteiger partial charge on any atom is -0.405 e. The first-order chi connectivity index (χ1) is 6.45. The van der Waals surface area contributed by atoms with Gasteiger partial charge in [0.05, 0.1) is 5.56 Å². The molecule has 1 aromatic carbocycles. The van der Waals surface area contributed by atoms with Gasteiger partial charge in [-0.25, -0.2) is 4.39 Å². The maximum absolute atomic E-state index is 12.9. The van der Waals surface area contributed by atoms with Crippen LogP contribution < -0.4 is 5.73 Å². The summed E-state index contributed by atoms with van der Waals surface area (Å²) in [5, 5.41) is 0. The molecule has 0 spiro atoms. The maximum Gasteiger partial charge on any atom is 0.419 e. The molecule has 0 unspecified atom stereocenters. The van der Waals surface area contributed by atoms with Crippen LogP contribution in [0.25, 0.3) is 6.08 Å². The summed E-state index contributed by atoms with van der Waals surface area (Å²) in [6, 6.07) is 2.62. The summed E-state index contributed by atoms with van der Waals surface area (Å²) in [5.41, 5.74) is 4.03. The van der Waals surface area contributed by atoms with Gasteiger partial charge in [-0.15, -0.1) is 0 Å². The van der Waals surface area contributed by atoms with Crippen LogP contribution in [0.1, 0.15) is 11.1 Å². The molecule has 0 bridgehead atoms. The molecule has 14 heavy (non-hydrogen) atoms. The summed E-state index contributed by atoms with van der Waals surface area (Å²) in [6.07, 6.45) is -2.22. The second-order valence-corrected chi connectivity index (χ2v) is 2.60. The van der Waals surface area contributed by atoms with Gasteiger partial charge in [-0.05, 0) is 30.0 Å². The van der Waals surface area contributed by atoms with Gasteiger partial charge in [-0.3, -0.25) is 0 Å². The molecule has 0 radical (unpaired) electrons. The Morgan fingerprint density at radius 3 is 2.29 bits per heavy atom. The quantitative estimate of drug-likeness (QED) is 0.701. The van der Waals surface area contributed by atoms with Crippen molar-refractivity contribution >= 4 is 6.08 Å². The van der Waals surface area contributed by atoms with Crippen LogP contribution >= 0.6 is 0 Å². The van der Waals surface area contributed by atoms with Crippen LogP contribution in [0, 0.1) is 5.82 Å². The fourth-order valence-corrected chi connectivity index (χ4v) is 0.976. The van der Waals surface area contributed by atoms with Gasteiger partial charge in [-0.1, -0.05) is 6.07 Å². The van der Waals surface area contributed by atoms with Crippen molar-refractivity contribution in [2.45, 2.75) is 6.18 Å². The smallest absolute Gasteiger partial charge is 0.405 e. The standard InChI is InChI=1S/C9H7F4N/c10-8-5-6(3-4-14)1-2-7(8)9(11,12)13/h1-5H,14H2/b4-3-. The highest BCUT2D eigenvalue weighted by Crippen LogP contribution is 2.31. The molecule has 0 aromatic heterocycles. The molecule has 2 N–H and O–H groups in total. The van der Waals surface area contributed by atoms with E-state index in [9.17, 15) is 17.6 Å². The lowest BCUT2D eigenvalue weighted by Gasteiger charge is -2.07. The van der Waals surface area contributed by atoms with E-state index in [0.29, 0.717) is 6.07 Å². The van der Waals surface area contributed by atoms with Crippen molar-refractivity contribution in [2.75, 3.05) is 0 Å². The average molecular weight is 205 g/mol. The summed E-state index contributed by atoms with van der Waals surface area (Å²) in [7, 11) is 0. The zero-order valence-corrected chi connectivity index (χ0v) is 6.98. The Labute approximate surface area is 77.8 Å². The highest BCUT2D eigenvalue weighted by atomic mass is 19.4. The molecule has 0 aliphatic rings. The highest BCUT2D eigenvalue weighted by molar-refractivity contribution is 5.49. The first-order valence-corrected chi connectivity index (χ1v) is 3.70. The molecule has 1 rings (SSSR count). The Hall–Kier alpha value is -1.52. The van der Waals surface area contributed by atoms with Crippen LogP contribution in [-0.4, -0.2) is 0 Å².